The number of rotatable bonds is 9. The Bertz CT molecular complexity index is 1260. The van der Waals surface area contributed by atoms with Crippen LogP contribution in [0.3, 0.4) is 0 Å². The van der Waals surface area contributed by atoms with E-state index in [-0.39, 0.29) is 23.5 Å². The van der Waals surface area contributed by atoms with Gasteiger partial charge >= 0.3 is 6.03 Å². The molecule has 12 nitrogen and oxygen atoms in total. The van der Waals surface area contributed by atoms with Gasteiger partial charge in [0.2, 0.25) is 5.91 Å². The Balaban J connectivity index is 1.53. The first-order valence-corrected chi connectivity index (χ1v) is 12.5. The summed E-state index contributed by atoms with van der Waals surface area (Å²) < 4.78 is 5.04. The number of fused-ring (bicyclic) bond motifs is 1. The number of pyridine rings is 2. The normalized spacial score (nSPS) is 16.8. The number of nitriles is 1. The van der Waals surface area contributed by atoms with Crippen LogP contribution in [0.25, 0.3) is 0 Å². The Morgan fingerprint density at radius 2 is 2.18 bits per heavy atom. The second kappa shape index (κ2) is 12.0. The smallest absolute Gasteiger partial charge is 0.328 e. The van der Waals surface area contributed by atoms with Gasteiger partial charge in [-0.05, 0) is 38.6 Å². The van der Waals surface area contributed by atoms with Gasteiger partial charge in [0, 0.05) is 63.6 Å². The Hall–Kier alpha value is -4.08. The molecule has 12 heteroatoms. The van der Waals surface area contributed by atoms with Gasteiger partial charge in [-0.25, -0.2) is 14.8 Å². The summed E-state index contributed by atoms with van der Waals surface area (Å²) in [5, 5.41) is 15.2. The first kappa shape index (κ1) is 27.0. The largest absolute Gasteiger partial charge is 0.383 e. The van der Waals surface area contributed by atoms with E-state index >= 15 is 0 Å². The van der Waals surface area contributed by atoms with E-state index < -0.39 is 6.03 Å². The van der Waals surface area contributed by atoms with E-state index in [0.29, 0.717) is 74.5 Å². The summed E-state index contributed by atoms with van der Waals surface area (Å²) >= 11 is 0. The minimum Gasteiger partial charge on any atom is -0.383 e. The summed E-state index contributed by atoms with van der Waals surface area (Å²) in [5.74, 6) is 0.743. The Kier molecular flexibility index (Phi) is 8.50. The van der Waals surface area contributed by atoms with E-state index in [1.54, 1.807) is 18.1 Å². The molecule has 200 valence electrons. The molecule has 2 aliphatic heterocycles. The summed E-state index contributed by atoms with van der Waals surface area (Å²) in [6.45, 7) is 2.26. The highest BCUT2D eigenvalue weighted by molar-refractivity contribution is 6.02. The summed E-state index contributed by atoms with van der Waals surface area (Å²) in [5.41, 5.74) is 2.62. The number of nitrogens with zero attached hydrogens (tertiary/aromatic N) is 6. The van der Waals surface area contributed by atoms with Gasteiger partial charge in [0.05, 0.1) is 17.9 Å². The summed E-state index contributed by atoms with van der Waals surface area (Å²) in [7, 11) is 5.48. The molecule has 4 rings (SSSR count). The quantitative estimate of drug-likeness (QED) is 0.374. The molecule has 0 spiro atoms. The van der Waals surface area contributed by atoms with Gasteiger partial charge < -0.3 is 19.9 Å². The number of likely N-dealkylation sites (tertiary alicyclic amines) is 1. The van der Waals surface area contributed by atoms with Gasteiger partial charge in [-0.1, -0.05) is 0 Å². The van der Waals surface area contributed by atoms with Crippen molar-refractivity contribution in [1.82, 2.24) is 19.8 Å². The van der Waals surface area contributed by atoms with Crippen LogP contribution < -0.4 is 15.5 Å². The number of methoxy groups -OCH3 is 1. The highest BCUT2D eigenvalue weighted by Crippen LogP contribution is 2.29. The zero-order chi connectivity index (χ0) is 27.2. The molecule has 1 fully saturated rings. The van der Waals surface area contributed by atoms with E-state index in [1.165, 1.54) is 11.1 Å². The third-order valence-electron chi connectivity index (χ3n) is 6.80. The van der Waals surface area contributed by atoms with Gasteiger partial charge in [0.25, 0.3) is 0 Å². The van der Waals surface area contributed by atoms with E-state index in [9.17, 15) is 19.6 Å². The average molecular weight is 521 g/mol. The fraction of sp³-hybridized carbons (Fsp3) is 0.462. The van der Waals surface area contributed by atoms with Gasteiger partial charge in [-0.3, -0.25) is 19.8 Å². The van der Waals surface area contributed by atoms with Gasteiger partial charge in [0.15, 0.2) is 6.29 Å². The lowest BCUT2D eigenvalue weighted by molar-refractivity contribution is -0.128. The summed E-state index contributed by atoms with van der Waals surface area (Å²) in [6, 6.07) is 5.26. The van der Waals surface area contributed by atoms with Crippen molar-refractivity contribution in [3.05, 3.63) is 40.7 Å². The van der Waals surface area contributed by atoms with E-state index in [2.05, 4.69) is 26.7 Å². The number of anilines is 3. The molecular formula is C26H32N8O4. The van der Waals surface area contributed by atoms with Gasteiger partial charge in [-0.15, -0.1) is 0 Å². The van der Waals surface area contributed by atoms with Crippen LogP contribution in [0.15, 0.2) is 18.3 Å². The monoisotopic (exact) mass is 520 g/mol. The number of hydrogen-bond acceptors (Lipinski definition) is 9. The van der Waals surface area contributed by atoms with Crippen LogP contribution >= 0.6 is 0 Å². The lowest BCUT2D eigenvalue weighted by Gasteiger charge is -2.29. The molecule has 0 bridgehead atoms. The Morgan fingerprint density at radius 1 is 1.37 bits per heavy atom. The van der Waals surface area contributed by atoms with Crippen LogP contribution in [-0.2, 0) is 22.5 Å². The highest BCUT2D eigenvalue weighted by Gasteiger charge is 2.32. The number of ether oxygens (including phenoxy) is 1. The number of aryl methyl sites for hydroxylation is 1. The van der Waals surface area contributed by atoms with Crippen molar-refractivity contribution in [3.8, 4) is 6.07 Å². The Morgan fingerprint density at radius 3 is 2.87 bits per heavy atom. The fourth-order valence-corrected chi connectivity index (χ4v) is 4.66. The van der Waals surface area contributed by atoms with Crippen molar-refractivity contribution < 1.29 is 19.1 Å². The van der Waals surface area contributed by atoms with Crippen LogP contribution in [0.2, 0.25) is 0 Å². The number of carbonyl (C=O) groups excluding carboxylic acids is 3. The number of carbonyl (C=O) groups is 3. The van der Waals surface area contributed by atoms with Crippen LogP contribution in [0.5, 0.6) is 0 Å². The molecular weight excluding hydrogens is 488 g/mol. The van der Waals surface area contributed by atoms with E-state index in [4.69, 9.17) is 4.74 Å². The third kappa shape index (κ3) is 5.90. The number of likely N-dealkylation sites (N-methyl/N-ethyl adjacent to an activating group) is 1. The molecule has 0 unspecified atom stereocenters. The van der Waals surface area contributed by atoms with Crippen LogP contribution in [0.1, 0.15) is 40.0 Å². The van der Waals surface area contributed by atoms with Gasteiger partial charge in [-0.2, -0.15) is 5.26 Å². The number of nitrogens with one attached hydrogen (secondary N) is 2. The number of urea groups is 1. The number of aromatic nitrogens is 2. The average Bonchev–Trinajstić information content (AvgIpc) is 3.28. The van der Waals surface area contributed by atoms with Crippen LogP contribution in [-0.4, -0.2) is 91.5 Å². The maximum Gasteiger partial charge on any atom is 0.328 e. The zero-order valence-electron chi connectivity index (χ0n) is 21.9. The lowest BCUT2D eigenvalue weighted by Crippen LogP contribution is -2.40. The van der Waals surface area contributed by atoms with Crippen molar-refractivity contribution in [1.29, 1.82) is 5.26 Å². The number of hydrogen-bond donors (Lipinski definition) is 2. The van der Waals surface area contributed by atoms with E-state index in [0.717, 1.165) is 12.0 Å². The molecule has 0 saturated carbocycles. The molecule has 4 heterocycles. The fourth-order valence-electron chi connectivity index (χ4n) is 4.66. The lowest BCUT2D eigenvalue weighted by atomic mass is 10.0. The van der Waals surface area contributed by atoms with Crippen molar-refractivity contribution >= 4 is 35.5 Å². The molecule has 1 saturated heterocycles. The molecule has 0 aromatic carbocycles. The molecule has 2 N–H and O–H groups in total. The van der Waals surface area contributed by atoms with Crippen molar-refractivity contribution in [3.63, 3.8) is 0 Å². The topological polar surface area (TPSA) is 144 Å². The molecule has 2 aromatic heterocycles. The second-order valence-corrected chi connectivity index (χ2v) is 9.56. The summed E-state index contributed by atoms with van der Waals surface area (Å²) in [4.78, 5) is 51.8. The van der Waals surface area contributed by atoms with Crippen molar-refractivity contribution in [2.45, 2.75) is 31.8 Å². The highest BCUT2D eigenvalue weighted by atomic mass is 16.5. The molecule has 38 heavy (non-hydrogen) atoms. The number of aldehydes is 1. The number of amides is 3. The molecule has 2 aliphatic rings. The van der Waals surface area contributed by atoms with Crippen LogP contribution in [0.4, 0.5) is 22.1 Å². The molecule has 3 amide bonds. The zero-order valence-corrected chi connectivity index (χ0v) is 21.9. The maximum absolute atomic E-state index is 13.2. The van der Waals surface area contributed by atoms with Gasteiger partial charge in [0.1, 0.15) is 23.4 Å². The molecule has 0 aliphatic carbocycles. The standard InChI is InChI=1S/C26H32N8O4/c1-32(2)20-10-24(36)33(15-20)14-18-9-17-5-4-7-34(25(17)30-22(18)16-35)26(37)31-23-11-21(28-6-8-38-3)19(12-27)13-29-23/h9,11,13,16,20H,4-8,10,14-15H2,1-3H3,(H2,28,29,31,37)/t20-/m0/s1. The van der Waals surface area contributed by atoms with Crippen molar-refractivity contribution in [2.24, 2.45) is 0 Å². The third-order valence-corrected chi connectivity index (χ3v) is 6.80. The predicted octanol–water partition coefficient (Wildman–Crippen LogP) is 1.87. The SMILES string of the molecule is COCCNc1cc(NC(=O)N2CCCc3cc(CN4C[C@@H](N(C)C)CC4=O)c(C=O)nc32)ncc1C#N. The maximum atomic E-state index is 13.2. The van der Waals surface area contributed by atoms with Crippen molar-refractivity contribution in [2.75, 3.05) is 63.0 Å². The molecule has 1 atom stereocenters. The Labute approximate surface area is 221 Å². The van der Waals surface area contributed by atoms with Crippen LogP contribution in [0, 0.1) is 11.3 Å². The minimum absolute atomic E-state index is 0.0465. The first-order chi connectivity index (χ1) is 18.3. The second-order valence-electron chi connectivity index (χ2n) is 9.56. The summed E-state index contributed by atoms with van der Waals surface area (Å²) in [6.07, 6.45) is 3.94. The molecule has 2 aromatic rings. The molecule has 0 radical (unpaired) electrons. The van der Waals surface area contributed by atoms with E-state index in [1.807, 2.05) is 25.1 Å². The minimum atomic E-state index is -0.438. The first-order valence-electron chi connectivity index (χ1n) is 12.5. The predicted molar refractivity (Wildman–Crippen MR) is 141 cm³/mol.